The fourth-order valence-electron chi connectivity index (χ4n) is 1.25. The summed E-state index contributed by atoms with van der Waals surface area (Å²) in [6.45, 7) is 0. The van der Waals surface area contributed by atoms with E-state index in [9.17, 15) is 8.76 Å². The second-order valence-electron chi connectivity index (χ2n) is 2.91. The fourth-order valence-corrected chi connectivity index (χ4v) is 1.82. The van der Waals surface area contributed by atoms with Gasteiger partial charge in [-0.2, -0.15) is 0 Å². The van der Waals surface area contributed by atoms with Crippen molar-refractivity contribution >= 4 is 11.1 Å². The van der Waals surface area contributed by atoms with Crippen LogP contribution >= 0.6 is 0 Å². The van der Waals surface area contributed by atoms with Crippen LogP contribution in [0, 0.1) is 0 Å². The SMILES string of the molecule is O=S([O-])c1ncccc1C1CC1.[Na+]. The van der Waals surface area contributed by atoms with Gasteiger partial charge in [0.05, 0.1) is 0 Å². The smallest absolute Gasteiger partial charge is 0.767 e. The third kappa shape index (κ3) is 2.60. The Hall–Kier alpha value is 0.260. The van der Waals surface area contributed by atoms with Crippen molar-refractivity contribution in [1.82, 2.24) is 4.98 Å². The van der Waals surface area contributed by atoms with Gasteiger partial charge in [-0.15, -0.1) is 0 Å². The first-order chi connectivity index (χ1) is 5.79. The van der Waals surface area contributed by atoms with Gasteiger partial charge in [0.1, 0.15) is 5.03 Å². The molecule has 1 aliphatic rings. The Kier molecular flexibility index (Phi) is 4.06. The zero-order chi connectivity index (χ0) is 8.55. The van der Waals surface area contributed by atoms with Gasteiger partial charge in [0.15, 0.2) is 0 Å². The molecule has 2 rings (SSSR count). The number of rotatable bonds is 2. The van der Waals surface area contributed by atoms with E-state index < -0.39 is 11.1 Å². The molecule has 3 nitrogen and oxygen atoms in total. The molecule has 0 saturated heterocycles. The van der Waals surface area contributed by atoms with Crippen molar-refractivity contribution in [2.75, 3.05) is 0 Å². The second-order valence-corrected chi connectivity index (χ2v) is 3.76. The first-order valence-electron chi connectivity index (χ1n) is 3.83. The van der Waals surface area contributed by atoms with E-state index in [-0.39, 0.29) is 34.6 Å². The van der Waals surface area contributed by atoms with Crippen LogP contribution < -0.4 is 29.6 Å². The average Bonchev–Trinajstić information content (AvgIpc) is 2.87. The summed E-state index contributed by atoms with van der Waals surface area (Å²) in [7, 11) is 0. The van der Waals surface area contributed by atoms with E-state index in [0.29, 0.717) is 5.92 Å². The minimum absolute atomic E-state index is 0. The summed E-state index contributed by atoms with van der Waals surface area (Å²) in [6.07, 6.45) is 3.70. The van der Waals surface area contributed by atoms with E-state index >= 15 is 0 Å². The summed E-state index contributed by atoms with van der Waals surface area (Å²) in [5, 5.41) is 0.222. The summed E-state index contributed by atoms with van der Waals surface area (Å²) in [5.74, 6) is 0.437. The van der Waals surface area contributed by atoms with Crippen molar-refractivity contribution in [2.45, 2.75) is 23.8 Å². The van der Waals surface area contributed by atoms with Crippen LogP contribution in [-0.4, -0.2) is 13.7 Å². The Bertz CT molecular complexity index is 328. The molecule has 1 heterocycles. The molecule has 1 atom stereocenters. The van der Waals surface area contributed by atoms with E-state index in [1.165, 1.54) is 6.20 Å². The summed E-state index contributed by atoms with van der Waals surface area (Å²) in [5.41, 5.74) is 0.880. The summed E-state index contributed by atoms with van der Waals surface area (Å²) in [4.78, 5) is 3.83. The molecule has 13 heavy (non-hydrogen) atoms. The quantitative estimate of drug-likeness (QED) is 0.423. The average molecular weight is 205 g/mol. The van der Waals surface area contributed by atoms with Gasteiger partial charge >= 0.3 is 29.6 Å². The normalized spacial score (nSPS) is 17.6. The fraction of sp³-hybridized carbons (Fsp3) is 0.375. The van der Waals surface area contributed by atoms with Crippen molar-refractivity contribution < 1.29 is 38.3 Å². The first kappa shape index (κ1) is 11.3. The predicted octanol–water partition coefficient (Wildman–Crippen LogP) is -1.80. The standard InChI is InChI=1S/C8H9NO2S.Na/c10-12(11)8-7(6-3-4-6)2-1-5-9-8;/h1-2,5-6H,3-4H2,(H,10,11);/q;+1/p-1. The number of hydrogen-bond donors (Lipinski definition) is 0. The van der Waals surface area contributed by atoms with Gasteiger partial charge < -0.3 is 4.55 Å². The maximum Gasteiger partial charge on any atom is 1.00 e. The third-order valence-corrected chi connectivity index (χ3v) is 2.63. The van der Waals surface area contributed by atoms with E-state index in [1.807, 2.05) is 6.07 Å². The molecule has 0 amide bonds. The Labute approximate surface area is 102 Å². The molecule has 0 aromatic carbocycles. The number of nitrogens with zero attached hydrogens (tertiary/aromatic N) is 1. The molecule has 1 aliphatic carbocycles. The molecular formula is C8H8NNaO2S. The maximum absolute atomic E-state index is 10.7. The molecule has 1 unspecified atom stereocenters. The molecule has 0 radical (unpaired) electrons. The maximum atomic E-state index is 10.7. The monoisotopic (exact) mass is 205 g/mol. The van der Waals surface area contributed by atoms with Gasteiger partial charge in [0.2, 0.25) is 0 Å². The summed E-state index contributed by atoms with van der Waals surface area (Å²) >= 11 is -2.18. The van der Waals surface area contributed by atoms with E-state index in [0.717, 1.165) is 18.4 Å². The van der Waals surface area contributed by atoms with Crippen molar-refractivity contribution in [3.05, 3.63) is 23.9 Å². The largest absolute Gasteiger partial charge is 1.00 e. The Morgan fingerprint density at radius 3 is 2.77 bits per heavy atom. The zero-order valence-corrected chi connectivity index (χ0v) is 10.2. The number of pyridine rings is 1. The van der Waals surface area contributed by atoms with Crippen molar-refractivity contribution in [2.24, 2.45) is 0 Å². The van der Waals surface area contributed by atoms with Gasteiger partial charge in [-0.25, -0.2) is 4.98 Å². The van der Waals surface area contributed by atoms with Crippen LogP contribution in [0.4, 0.5) is 0 Å². The van der Waals surface area contributed by atoms with Crippen molar-refractivity contribution in [3.63, 3.8) is 0 Å². The topological polar surface area (TPSA) is 53.0 Å². The zero-order valence-electron chi connectivity index (χ0n) is 7.40. The molecule has 0 N–H and O–H groups in total. The van der Waals surface area contributed by atoms with Gasteiger partial charge in [-0.1, -0.05) is 6.07 Å². The van der Waals surface area contributed by atoms with Gasteiger partial charge in [0.25, 0.3) is 0 Å². The third-order valence-electron chi connectivity index (χ3n) is 1.98. The minimum atomic E-state index is -2.18. The molecule has 1 aromatic rings. The molecule has 1 saturated carbocycles. The first-order valence-corrected chi connectivity index (χ1v) is 4.90. The molecule has 5 heteroatoms. The molecule has 1 aromatic heterocycles. The molecule has 1 fully saturated rings. The van der Waals surface area contributed by atoms with E-state index in [2.05, 4.69) is 4.98 Å². The molecule has 0 spiro atoms. The van der Waals surface area contributed by atoms with Crippen LogP contribution in [0.3, 0.4) is 0 Å². The number of hydrogen-bond acceptors (Lipinski definition) is 3. The molecule has 0 bridgehead atoms. The van der Waals surface area contributed by atoms with Crippen LogP contribution in [0.25, 0.3) is 0 Å². The van der Waals surface area contributed by atoms with Gasteiger partial charge in [-0.3, -0.25) is 4.21 Å². The van der Waals surface area contributed by atoms with Crippen LogP contribution in [0.15, 0.2) is 23.4 Å². The number of aromatic nitrogens is 1. The molecule has 0 aliphatic heterocycles. The van der Waals surface area contributed by atoms with Crippen LogP contribution in [0.2, 0.25) is 0 Å². The van der Waals surface area contributed by atoms with Crippen LogP contribution in [0.1, 0.15) is 24.3 Å². The second kappa shape index (κ2) is 4.66. The molecule has 64 valence electrons. The summed E-state index contributed by atoms with van der Waals surface area (Å²) in [6, 6.07) is 3.62. The predicted molar refractivity (Wildman–Crippen MR) is 43.4 cm³/mol. The minimum Gasteiger partial charge on any atom is -0.767 e. The van der Waals surface area contributed by atoms with Gasteiger partial charge in [0, 0.05) is 6.20 Å². The van der Waals surface area contributed by atoms with E-state index in [1.54, 1.807) is 6.07 Å². The van der Waals surface area contributed by atoms with Crippen molar-refractivity contribution in [1.29, 1.82) is 0 Å². The van der Waals surface area contributed by atoms with Crippen LogP contribution in [-0.2, 0) is 11.1 Å². The Balaban J connectivity index is 0.000000845. The Morgan fingerprint density at radius 1 is 1.54 bits per heavy atom. The summed E-state index contributed by atoms with van der Waals surface area (Å²) < 4.78 is 21.4. The van der Waals surface area contributed by atoms with Crippen LogP contribution in [0.5, 0.6) is 0 Å². The van der Waals surface area contributed by atoms with Crippen molar-refractivity contribution in [3.8, 4) is 0 Å². The molecular weight excluding hydrogens is 197 g/mol. The van der Waals surface area contributed by atoms with Gasteiger partial charge in [-0.05, 0) is 41.5 Å². The van der Waals surface area contributed by atoms with E-state index in [4.69, 9.17) is 0 Å². The Morgan fingerprint density at radius 2 is 2.23 bits per heavy atom.